The Morgan fingerprint density at radius 2 is 0.865 bits per heavy atom. The highest BCUT2D eigenvalue weighted by atomic mass is 15.0. The minimum atomic E-state index is -0.0425. The normalized spacial score (nSPS) is 13.3. The van der Waals surface area contributed by atoms with Crippen LogP contribution in [0.1, 0.15) is 36.1 Å². The fourth-order valence-electron chi connectivity index (χ4n) is 8.31. The Hall–Kier alpha value is -6.45. The molecule has 0 atom stereocenters. The van der Waals surface area contributed by atoms with Gasteiger partial charge in [-0.2, -0.15) is 0 Å². The van der Waals surface area contributed by atoms with Gasteiger partial charge in [-0.3, -0.25) is 0 Å². The molecule has 0 fully saturated rings. The molecule has 246 valence electrons. The molecule has 10 rings (SSSR count). The second kappa shape index (κ2) is 11.8. The lowest BCUT2D eigenvalue weighted by atomic mass is 9.81. The number of rotatable bonds is 5. The van der Waals surface area contributed by atoms with Crippen LogP contribution in [0.15, 0.2) is 164 Å². The molecule has 0 bridgehead atoms. The molecule has 8 aromatic rings. The van der Waals surface area contributed by atoms with Gasteiger partial charge in [0, 0.05) is 22.1 Å². The summed E-state index contributed by atoms with van der Waals surface area (Å²) in [6.45, 7) is 4.70. The fraction of sp³-hybridized carbons (Fsp3) is 0.0816. The average Bonchev–Trinajstić information content (AvgIpc) is 3.69. The molecule has 0 spiro atoms. The summed E-state index contributed by atoms with van der Waals surface area (Å²) in [5.74, 6) is 2.01. The topological polar surface area (TPSA) is 38.7 Å². The minimum absolute atomic E-state index is 0.0425. The summed E-state index contributed by atoms with van der Waals surface area (Å²) in [4.78, 5) is 15.7. The third-order valence-corrected chi connectivity index (χ3v) is 11.0. The molecule has 2 aliphatic carbocycles. The van der Waals surface area contributed by atoms with Gasteiger partial charge in [-0.1, -0.05) is 159 Å². The molecular formula is C49H35N3. The summed E-state index contributed by atoms with van der Waals surface area (Å²) >= 11 is 0. The molecule has 0 aliphatic heterocycles. The lowest BCUT2D eigenvalue weighted by Gasteiger charge is -2.22. The number of hydrogen-bond acceptors (Lipinski definition) is 3. The molecule has 0 radical (unpaired) electrons. The highest BCUT2D eigenvalue weighted by Gasteiger charge is 2.37. The number of hydrogen-bond donors (Lipinski definition) is 0. The number of fused-ring (bicyclic) bond motifs is 6. The maximum absolute atomic E-state index is 5.25. The molecule has 0 amide bonds. The van der Waals surface area contributed by atoms with Gasteiger partial charge < -0.3 is 0 Å². The predicted octanol–water partition coefficient (Wildman–Crippen LogP) is 12.1. The third kappa shape index (κ3) is 4.92. The Labute approximate surface area is 304 Å². The van der Waals surface area contributed by atoms with E-state index >= 15 is 0 Å². The Balaban J connectivity index is 1.14. The van der Waals surface area contributed by atoms with Crippen LogP contribution < -0.4 is 0 Å². The van der Waals surface area contributed by atoms with Crippen LogP contribution in [0, 0.1) is 0 Å². The molecule has 3 nitrogen and oxygen atoms in total. The number of aromatic nitrogens is 3. The molecule has 0 saturated heterocycles. The number of nitrogens with zero attached hydrogens (tertiary/aromatic N) is 3. The van der Waals surface area contributed by atoms with E-state index in [0.29, 0.717) is 17.5 Å². The standard InChI is InChI=1S/C49H35N3/c1-49(2)44-25-10-9-22-39(44)43-30-41-37(29-45(43)49)28-42-38(41)23-13-24-40(42)48-51-46(35-20-11-18-33(26-35)31-14-5-3-6-15-31)50-47(52-48)36-21-12-19-34(27-36)32-16-7-4-8-17-32/h3-27,29-30H,28H2,1-2H3. The second-order valence-electron chi connectivity index (χ2n) is 14.4. The summed E-state index contributed by atoms with van der Waals surface area (Å²) in [7, 11) is 0. The van der Waals surface area contributed by atoms with Crippen LogP contribution >= 0.6 is 0 Å². The van der Waals surface area contributed by atoms with Crippen molar-refractivity contribution < 1.29 is 0 Å². The first-order valence-corrected chi connectivity index (χ1v) is 18.0. The predicted molar refractivity (Wildman–Crippen MR) is 213 cm³/mol. The van der Waals surface area contributed by atoms with E-state index in [0.717, 1.165) is 45.4 Å². The Morgan fingerprint density at radius 1 is 0.365 bits per heavy atom. The summed E-state index contributed by atoms with van der Waals surface area (Å²) in [5, 5.41) is 0. The zero-order valence-corrected chi connectivity index (χ0v) is 29.1. The van der Waals surface area contributed by atoms with Crippen molar-refractivity contribution in [3.63, 3.8) is 0 Å². The molecule has 2 aliphatic rings. The van der Waals surface area contributed by atoms with E-state index in [4.69, 9.17) is 15.0 Å². The molecule has 52 heavy (non-hydrogen) atoms. The Morgan fingerprint density at radius 3 is 1.52 bits per heavy atom. The van der Waals surface area contributed by atoms with E-state index in [1.807, 2.05) is 12.1 Å². The van der Waals surface area contributed by atoms with E-state index in [9.17, 15) is 0 Å². The van der Waals surface area contributed by atoms with Crippen molar-refractivity contribution in [3.05, 3.63) is 186 Å². The minimum Gasteiger partial charge on any atom is -0.208 e. The van der Waals surface area contributed by atoms with Crippen LogP contribution in [0.2, 0.25) is 0 Å². The second-order valence-corrected chi connectivity index (χ2v) is 14.4. The summed E-state index contributed by atoms with van der Waals surface area (Å²) in [6, 6.07) is 58.3. The van der Waals surface area contributed by atoms with Gasteiger partial charge in [0.25, 0.3) is 0 Å². The largest absolute Gasteiger partial charge is 0.208 e. The van der Waals surface area contributed by atoms with E-state index in [2.05, 4.69) is 166 Å². The van der Waals surface area contributed by atoms with Crippen molar-refractivity contribution >= 4 is 0 Å². The first kappa shape index (κ1) is 30.4. The summed E-state index contributed by atoms with van der Waals surface area (Å²) in [5.41, 5.74) is 18.2. The maximum Gasteiger partial charge on any atom is 0.164 e. The van der Waals surface area contributed by atoms with Gasteiger partial charge in [0.15, 0.2) is 17.5 Å². The quantitative estimate of drug-likeness (QED) is 0.184. The molecule has 0 saturated carbocycles. The molecule has 0 unspecified atom stereocenters. The molecular weight excluding hydrogens is 631 g/mol. The van der Waals surface area contributed by atoms with Gasteiger partial charge in [0.1, 0.15) is 0 Å². The zero-order valence-electron chi connectivity index (χ0n) is 29.1. The Kier molecular flexibility index (Phi) is 6.91. The van der Waals surface area contributed by atoms with Crippen LogP contribution in [-0.4, -0.2) is 15.0 Å². The van der Waals surface area contributed by atoms with Crippen molar-refractivity contribution in [2.45, 2.75) is 25.7 Å². The van der Waals surface area contributed by atoms with Crippen LogP contribution in [0.25, 0.3) is 78.7 Å². The smallest absolute Gasteiger partial charge is 0.164 e. The van der Waals surface area contributed by atoms with E-state index in [-0.39, 0.29) is 5.41 Å². The molecule has 3 heteroatoms. The zero-order chi connectivity index (χ0) is 34.8. The lowest BCUT2D eigenvalue weighted by molar-refractivity contribution is 0.659. The molecule has 1 heterocycles. The first-order valence-electron chi connectivity index (χ1n) is 18.0. The van der Waals surface area contributed by atoms with Gasteiger partial charge in [-0.15, -0.1) is 0 Å². The van der Waals surface area contributed by atoms with E-state index in [1.54, 1.807) is 0 Å². The highest BCUT2D eigenvalue weighted by molar-refractivity contribution is 5.91. The molecule has 7 aromatic carbocycles. The van der Waals surface area contributed by atoms with Gasteiger partial charge in [0.2, 0.25) is 0 Å². The van der Waals surface area contributed by atoms with Crippen molar-refractivity contribution in [1.82, 2.24) is 15.0 Å². The lowest BCUT2D eigenvalue weighted by Crippen LogP contribution is -2.15. The van der Waals surface area contributed by atoms with Crippen LogP contribution in [0.5, 0.6) is 0 Å². The molecule has 0 N–H and O–H groups in total. The highest BCUT2D eigenvalue weighted by Crippen LogP contribution is 2.52. The average molecular weight is 666 g/mol. The summed E-state index contributed by atoms with van der Waals surface area (Å²) in [6.07, 6.45) is 0.837. The van der Waals surface area contributed by atoms with E-state index in [1.165, 1.54) is 44.5 Å². The monoisotopic (exact) mass is 665 g/mol. The van der Waals surface area contributed by atoms with Crippen LogP contribution in [0.4, 0.5) is 0 Å². The van der Waals surface area contributed by atoms with Crippen LogP contribution in [0.3, 0.4) is 0 Å². The van der Waals surface area contributed by atoms with Crippen molar-refractivity contribution in [1.29, 1.82) is 0 Å². The van der Waals surface area contributed by atoms with Crippen molar-refractivity contribution in [2.24, 2.45) is 0 Å². The fourth-order valence-corrected chi connectivity index (χ4v) is 8.31. The third-order valence-electron chi connectivity index (χ3n) is 11.0. The van der Waals surface area contributed by atoms with Crippen LogP contribution in [-0.2, 0) is 11.8 Å². The first-order chi connectivity index (χ1) is 25.5. The van der Waals surface area contributed by atoms with E-state index < -0.39 is 0 Å². The van der Waals surface area contributed by atoms with Gasteiger partial charge in [-0.25, -0.2) is 15.0 Å². The van der Waals surface area contributed by atoms with Gasteiger partial charge in [-0.05, 0) is 91.4 Å². The van der Waals surface area contributed by atoms with Crippen molar-refractivity contribution in [2.75, 3.05) is 0 Å². The summed E-state index contributed by atoms with van der Waals surface area (Å²) < 4.78 is 0. The van der Waals surface area contributed by atoms with Crippen molar-refractivity contribution in [3.8, 4) is 78.7 Å². The SMILES string of the molecule is CC1(C)c2ccccc2-c2cc3c(cc21)Cc1c(-c2nc(-c4cccc(-c5ccccc5)c4)nc(-c4cccc(-c5ccccc5)c4)n2)cccc1-3. The maximum atomic E-state index is 5.25. The number of benzene rings is 7. The molecule has 1 aromatic heterocycles. The van der Waals surface area contributed by atoms with Gasteiger partial charge in [0.05, 0.1) is 0 Å². The van der Waals surface area contributed by atoms with Gasteiger partial charge >= 0.3 is 0 Å². The Bertz CT molecular complexity index is 2570.